The van der Waals surface area contributed by atoms with Crippen LogP contribution in [0.1, 0.15) is 36.2 Å². The van der Waals surface area contributed by atoms with Gasteiger partial charge in [-0.05, 0) is 49.3 Å². The summed E-state index contributed by atoms with van der Waals surface area (Å²) in [6.45, 7) is 3.43. The second-order valence-electron chi connectivity index (χ2n) is 6.55. The Morgan fingerprint density at radius 2 is 1.83 bits per heavy atom. The molecule has 0 bridgehead atoms. The number of hydrogen-bond acceptors (Lipinski definition) is 3. The quantitative estimate of drug-likeness (QED) is 0.832. The van der Waals surface area contributed by atoms with Gasteiger partial charge in [-0.25, -0.2) is 4.79 Å². The van der Waals surface area contributed by atoms with Gasteiger partial charge in [-0.3, -0.25) is 0 Å². The molecule has 124 valence electrons. The van der Waals surface area contributed by atoms with E-state index < -0.39 is 17.2 Å². The van der Waals surface area contributed by atoms with E-state index in [0.29, 0.717) is 17.0 Å². The third-order valence-electron chi connectivity index (χ3n) is 4.47. The molecule has 2 aromatic rings. The van der Waals surface area contributed by atoms with Crippen LogP contribution < -0.4 is 0 Å². The largest absolute Gasteiger partial charge is 0.453 e. The first kappa shape index (κ1) is 16.7. The van der Waals surface area contributed by atoms with Gasteiger partial charge in [0.05, 0.1) is 5.56 Å². The Labute approximate surface area is 146 Å². The van der Waals surface area contributed by atoms with Crippen LogP contribution in [-0.4, -0.2) is 22.3 Å². The molecule has 24 heavy (non-hydrogen) atoms. The molecule has 1 atom stereocenters. The average molecular weight is 343 g/mol. The summed E-state index contributed by atoms with van der Waals surface area (Å²) in [5, 5.41) is 11.3. The number of benzene rings is 2. The van der Waals surface area contributed by atoms with Gasteiger partial charge in [0.15, 0.2) is 0 Å². The molecule has 1 N–H and O–H groups in total. The van der Waals surface area contributed by atoms with Crippen molar-refractivity contribution in [1.29, 1.82) is 0 Å². The van der Waals surface area contributed by atoms with Gasteiger partial charge in [0.2, 0.25) is 0 Å². The summed E-state index contributed by atoms with van der Waals surface area (Å²) >= 11 is 5.91. The lowest BCUT2D eigenvalue weighted by Gasteiger charge is -2.46. The van der Waals surface area contributed by atoms with E-state index in [1.54, 1.807) is 44.2 Å². The molecule has 0 radical (unpaired) electrons. The van der Waals surface area contributed by atoms with Crippen molar-refractivity contribution in [2.75, 3.05) is 0 Å². The van der Waals surface area contributed by atoms with Gasteiger partial charge in [0.25, 0.3) is 0 Å². The van der Waals surface area contributed by atoms with Crippen molar-refractivity contribution in [3.8, 4) is 0 Å². The van der Waals surface area contributed by atoms with E-state index in [2.05, 4.69) is 0 Å². The van der Waals surface area contributed by atoms with Crippen LogP contribution in [0.25, 0.3) is 5.57 Å². The summed E-state index contributed by atoms with van der Waals surface area (Å²) in [5.74, 6) is -0.502. The third-order valence-corrected chi connectivity index (χ3v) is 4.70. The van der Waals surface area contributed by atoms with Gasteiger partial charge in [-0.15, -0.1) is 0 Å². The van der Waals surface area contributed by atoms with Crippen LogP contribution in [0.2, 0.25) is 5.02 Å². The molecule has 2 aromatic carbocycles. The van der Waals surface area contributed by atoms with E-state index in [9.17, 15) is 9.90 Å². The Hall–Kier alpha value is -2.10. The molecule has 0 aliphatic heterocycles. The molecular weight excluding hydrogens is 324 g/mol. The van der Waals surface area contributed by atoms with Gasteiger partial charge in [0.1, 0.15) is 11.2 Å². The summed E-state index contributed by atoms with van der Waals surface area (Å²) in [4.78, 5) is 12.3. The zero-order valence-electron chi connectivity index (χ0n) is 13.6. The fraction of sp³-hybridized carbons (Fsp3) is 0.250. The number of hydrogen-bond donors (Lipinski definition) is 1. The molecule has 4 heteroatoms. The van der Waals surface area contributed by atoms with E-state index >= 15 is 0 Å². The highest BCUT2D eigenvalue weighted by atomic mass is 35.5. The van der Waals surface area contributed by atoms with Crippen molar-refractivity contribution in [3.05, 3.63) is 76.8 Å². The van der Waals surface area contributed by atoms with Crippen LogP contribution in [0.4, 0.5) is 0 Å². The summed E-state index contributed by atoms with van der Waals surface area (Å²) in [6, 6.07) is 16.4. The van der Waals surface area contributed by atoms with E-state index in [4.69, 9.17) is 16.3 Å². The van der Waals surface area contributed by atoms with Gasteiger partial charge < -0.3 is 9.84 Å². The lowest BCUT2D eigenvalue weighted by molar-refractivity contribution is -0.114. The normalized spacial score (nSPS) is 20.1. The molecule has 0 amide bonds. The van der Waals surface area contributed by atoms with Crippen LogP contribution in [-0.2, 0) is 4.74 Å². The fourth-order valence-corrected chi connectivity index (χ4v) is 2.96. The minimum Gasteiger partial charge on any atom is -0.453 e. The van der Waals surface area contributed by atoms with Crippen molar-refractivity contribution in [2.45, 2.75) is 31.5 Å². The Kier molecular flexibility index (Phi) is 4.24. The summed E-state index contributed by atoms with van der Waals surface area (Å²) < 4.78 is 5.58. The minimum absolute atomic E-state index is 0.366. The second-order valence-corrected chi connectivity index (χ2v) is 6.98. The minimum atomic E-state index is -1.19. The average Bonchev–Trinajstić information content (AvgIpc) is 2.52. The maximum atomic E-state index is 12.3. The smallest absolute Gasteiger partial charge is 0.338 e. The van der Waals surface area contributed by atoms with Crippen LogP contribution in [0, 0.1) is 0 Å². The molecule has 3 rings (SSSR count). The number of carbonyl (C=O) groups excluding carboxylic acids is 1. The number of aliphatic hydroxyl groups is 1. The fourth-order valence-electron chi connectivity index (χ4n) is 2.77. The Bertz CT molecular complexity index is 796. The number of halogens is 1. The van der Waals surface area contributed by atoms with Gasteiger partial charge in [-0.2, -0.15) is 0 Å². The zero-order chi connectivity index (χ0) is 17.4. The Morgan fingerprint density at radius 3 is 2.46 bits per heavy atom. The van der Waals surface area contributed by atoms with Crippen molar-refractivity contribution < 1.29 is 14.6 Å². The number of ether oxygens (including phenoxy) is 1. The lowest BCUT2D eigenvalue weighted by atomic mass is 9.69. The summed E-state index contributed by atoms with van der Waals surface area (Å²) in [5.41, 5.74) is 0.242. The molecule has 0 aromatic heterocycles. The van der Waals surface area contributed by atoms with Crippen molar-refractivity contribution in [1.82, 2.24) is 0 Å². The molecule has 0 heterocycles. The van der Waals surface area contributed by atoms with E-state index in [1.807, 2.05) is 30.3 Å². The molecule has 0 saturated heterocycles. The monoisotopic (exact) mass is 342 g/mol. The van der Waals surface area contributed by atoms with Gasteiger partial charge in [-0.1, -0.05) is 48.0 Å². The first-order valence-electron chi connectivity index (χ1n) is 7.79. The number of carbonyl (C=O) groups is 1. The molecule has 0 fully saturated rings. The Morgan fingerprint density at radius 1 is 1.17 bits per heavy atom. The molecule has 1 unspecified atom stereocenters. The number of rotatable bonds is 4. The SMILES string of the molecule is CC(C)(OC(=O)c1cccc(Cl)c1)C1(O)C=C(c2ccccc2)C1. The van der Waals surface area contributed by atoms with Crippen molar-refractivity contribution in [2.24, 2.45) is 0 Å². The topological polar surface area (TPSA) is 46.5 Å². The van der Waals surface area contributed by atoms with Crippen molar-refractivity contribution in [3.63, 3.8) is 0 Å². The van der Waals surface area contributed by atoms with Crippen LogP contribution in [0.15, 0.2) is 60.7 Å². The third kappa shape index (κ3) is 3.10. The van der Waals surface area contributed by atoms with Gasteiger partial charge >= 0.3 is 5.97 Å². The van der Waals surface area contributed by atoms with E-state index in [0.717, 1.165) is 11.1 Å². The highest BCUT2D eigenvalue weighted by Gasteiger charge is 2.50. The molecule has 3 nitrogen and oxygen atoms in total. The molecule has 1 aliphatic rings. The lowest BCUT2D eigenvalue weighted by Crippen LogP contribution is -2.55. The predicted molar refractivity (Wildman–Crippen MR) is 94.9 cm³/mol. The maximum Gasteiger partial charge on any atom is 0.338 e. The standard InChI is InChI=1S/C20H19ClO3/c1-19(2,24-18(22)15-9-6-10-17(21)11-15)20(23)12-16(13-20)14-7-4-3-5-8-14/h3-12,23H,13H2,1-2H3. The van der Waals surface area contributed by atoms with Crippen LogP contribution in [0.3, 0.4) is 0 Å². The highest BCUT2D eigenvalue weighted by Crippen LogP contribution is 2.45. The van der Waals surface area contributed by atoms with Gasteiger partial charge in [0, 0.05) is 11.4 Å². The van der Waals surface area contributed by atoms with E-state index in [1.165, 1.54) is 0 Å². The maximum absolute atomic E-state index is 12.3. The molecule has 1 aliphatic carbocycles. The summed E-state index contributed by atoms with van der Waals surface area (Å²) in [6.07, 6.45) is 2.21. The van der Waals surface area contributed by atoms with E-state index in [-0.39, 0.29) is 0 Å². The first-order valence-corrected chi connectivity index (χ1v) is 8.17. The highest BCUT2D eigenvalue weighted by molar-refractivity contribution is 6.30. The summed E-state index contributed by atoms with van der Waals surface area (Å²) in [7, 11) is 0. The Balaban J connectivity index is 1.76. The molecule has 0 spiro atoms. The zero-order valence-corrected chi connectivity index (χ0v) is 14.4. The predicted octanol–water partition coefficient (Wildman–Crippen LogP) is 4.49. The second kappa shape index (κ2) is 6.08. The number of esters is 1. The van der Waals surface area contributed by atoms with Crippen LogP contribution >= 0.6 is 11.6 Å². The van der Waals surface area contributed by atoms with Crippen molar-refractivity contribution >= 4 is 23.1 Å². The molecule has 0 saturated carbocycles. The first-order chi connectivity index (χ1) is 11.3. The van der Waals surface area contributed by atoms with Crippen LogP contribution in [0.5, 0.6) is 0 Å². The molecular formula is C20H19ClO3.